The average Bonchev–Trinajstić information content (AvgIpc) is 2.28. The van der Waals surface area contributed by atoms with Gasteiger partial charge in [-0.15, -0.1) is 0 Å². The largest absolute Gasteiger partial charge is 0.490 e. The number of anilines is 1. The molecular formula is C12H18ClN3O. The number of rotatable bonds is 5. The highest BCUT2D eigenvalue weighted by molar-refractivity contribution is 6.31. The minimum Gasteiger partial charge on any atom is -0.490 e. The smallest absolute Gasteiger partial charge is 0.198 e. The number of hydrogen-bond donors (Lipinski definition) is 1. The van der Waals surface area contributed by atoms with Crippen LogP contribution in [-0.4, -0.2) is 23.6 Å². The minimum absolute atomic E-state index is 0.351. The van der Waals surface area contributed by atoms with Crippen LogP contribution in [0.2, 0.25) is 5.15 Å². The van der Waals surface area contributed by atoms with Crippen molar-refractivity contribution in [1.82, 2.24) is 9.97 Å². The fourth-order valence-electron chi connectivity index (χ4n) is 2.26. The lowest BCUT2D eigenvalue weighted by atomic mass is 9.67. The van der Waals surface area contributed by atoms with Crippen molar-refractivity contribution in [2.24, 2.45) is 5.41 Å². The topological polar surface area (TPSA) is 47.0 Å². The highest BCUT2D eigenvalue weighted by atomic mass is 35.5. The standard InChI is InChI=1S/C12H18ClN3O/c1-3-12(5-4-6-12)7-14-11-9(17-2)10(13)15-8-16-11/h8H,3-7H2,1-2H3,(H,14,15,16). The number of halogens is 1. The summed E-state index contributed by atoms with van der Waals surface area (Å²) in [5, 5.41) is 3.69. The molecule has 0 radical (unpaired) electrons. The molecule has 0 unspecified atom stereocenters. The summed E-state index contributed by atoms with van der Waals surface area (Å²) in [6.07, 6.45) is 6.56. The summed E-state index contributed by atoms with van der Waals surface area (Å²) >= 11 is 5.95. The van der Waals surface area contributed by atoms with Gasteiger partial charge in [0.1, 0.15) is 6.33 Å². The number of aromatic nitrogens is 2. The lowest BCUT2D eigenvalue weighted by Crippen LogP contribution is -2.36. The Kier molecular flexibility index (Phi) is 3.72. The molecule has 0 spiro atoms. The molecule has 4 nitrogen and oxygen atoms in total. The normalized spacial score (nSPS) is 17.4. The van der Waals surface area contributed by atoms with E-state index in [-0.39, 0.29) is 0 Å². The second-order valence-corrected chi connectivity index (χ2v) is 4.97. The molecule has 5 heteroatoms. The minimum atomic E-state index is 0.351. The van der Waals surface area contributed by atoms with E-state index in [0.29, 0.717) is 22.1 Å². The number of methoxy groups -OCH3 is 1. The number of ether oxygens (including phenoxy) is 1. The number of nitrogens with zero attached hydrogens (tertiary/aromatic N) is 2. The zero-order valence-corrected chi connectivity index (χ0v) is 11.0. The van der Waals surface area contributed by atoms with Crippen LogP contribution in [0.1, 0.15) is 32.6 Å². The monoisotopic (exact) mass is 255 g/mol. The molecule has 1 aromatic rings. The van der Waals surface area contributed by atoms with E-state index < -0.39 is 0 Å². The van der Waals surface area contributed by atoms with Crippen LogP contribution >= 0.6 is 11.6 Å². The molecule has 1 aliphatic rings. The first-order chi connectivity index (χ1) is 8.21. The zero-order valence-electron chi connectivity index (χ0n) is 10.3. The quantitative estimate of drug-likeness (QED) is 0.822. The lowest BCUT2D eigenvalue weighted by molar-refractivity contribution is 0.144. The summed E-state index contributed by atoms with van der Waals surface area (Å²) in [5.74, 6) is 1.21. The van der Waals surface area contributed by atoms with Crippen molar-refractivity contribution in [3.05, 3.63) is 11.5 Å². The summed E-state index contributed by atoms with van der Waals surface area (Å²) in [6, 6.07) is 0. The predicted octanol–water partition coefficient (Wildman–Crippen LogP) is 3.13. The van der Waals surface area contributed by atoms with E-state index in [0.717, 1.165) is 6.54 Å². The first-order valence-corrected chi connectivity index (χ1v) is 6.37. The van der Waals surface area contributed by atoms with E-state index >= 15 is 0 Å². The van der Waals surface area contributed by atoms with Crippen molar-refractivity contribution in [3.8, 4) is 5.75 Å². The average molecular weight is 256 g/mol. The fraction of sp³-hybridized carbons (Fsp3) is 0.667. The molecular weight excluding hydrogens is 238 g/mol. The molecule has 1 heterocycles. The second-order valence-electron chi connectivity index (χ2n) is 4.61. The summed E-state index contributed by atoms with van der Waals surface area (Å²) in [7, 11) is 1.58. The third-order valence-corrected chi connectivity index (χ3v) is 4.03. The van der Waals surface area contributed by atoms with Gasteiger partial charge in [0.05, 0.1) is 7.11 Å². The maximum Gasteiger partial charge on any atom is 0.198 e. The van der Waals surface area contributed by atoms with Gasteiger partial charge < -0.3 is 10.1 Å². The molecule has 17 heavy (non-hydrogen) atoms. The zero-order chi connectivity index (χ0) is 12.3. The molecule has 1 aromatic heterocycles. The predicted molar refractivity (Wildman–Crippen MR) is 68.7 cm³/mol. The summed E-state index contributed by atoms with van der Waals surface area (Å²) in [6.45, 7) is 3.16. The third kappa shape index (κ3) is 2.46. The first-order valence-electron chi connectivity index (χ1n) is 5.99. The van der Waals surface area contributed by atoms with Crippen LogP contribution in [0.5, 0.6) is 5.75 Å². The molecule has 0 aliphatic heterocycles. The van der Waals surface area contributed by atoms with Crippen LogP contribution < -0.4 is 10.1 Å². The van der Waals surface area contributed by atoms with Gasteiger partial charge >= 0.3 is 0 Å². The highest BCUT2D eigenvalue weighted by Crippen LogP contribution is 2.44. The molecule has 1 saturated carbocycles. The maximum atomic E-state index is 5.95. The second kappa shape index (κ2) is 5.08. The van der Waals surface area contributed by atoms with Gasteiger partial charge in [-0.1, -0.05) is 24.9 Å². The van der Waals surface area contributed by atoms with E-state index in [1.165, 1.54) is 32.0 Å². The fourth-order valence-corrected chi connectivity index (χ4v) is 2.47. The van der Waals surface area contributed by atoms with Crippen molar-refractivity contribution in [2.45, 2.75) is 32.6 Å². The van der Waals surface area contributed by atoms with E-state index in [9.17, 15) is 0 Å². The van der Waals surface area contributed by atoms with E-state index in [1.807, 2.05) is 0 Å². The summed E-state index contributed by atoms with van der Waals surface area (Å²) in [4.78, 5) is 8.07. The van der Waals surface area contributed by atoms with Gasteiger partial charge in [-0.2, -0.15) is 0 Å². The van der Waals surface area contributed by atoms with Gasteiger partial charge in [0.25, 0.3) is 0 Å². The van der Waals surface area contributed by atoms with Crippen LogP contribution in [0, 0.1) is 5.41 Å². The Labute approximate surface area is 107 Å². The van der Waals surface area contributed by atoms with Crippen LogP contribution in [-0.2, 0) is 0 Å². The van der Waals surface area contributed by atoms with Gasteiger partial charge in [0.2, 0.25) is 0 Å². The van der Waals surface area contributed by atoms with Gasteiger partial charge in [-0.3, -0.25) is 0 Å². The van der Waals surface area contributed by atoms with E-state index in [4.69, 9.17) is 16.3 Å². The van der Waals surface area contributed by atoms with Gasteiger partial charge in [-0.05, 0) is 24.7 Å². The lowest BCUT2D eigenvalue weighted by Gasteiger charge is -2.41. The Hall–Kier alpha value is -1.03. The van der Waals surface area contributed by atoms with Gasteiger partial charge in [0, 0.05) is 6.54 Å². The Morgan fingerprint density at radius 1 is 1.47 bits per heavy atom. The number of nitrogens with one attached hydrogen (secondary N) is 1. The first kappa shape index (κ1) is 12.4. The summed E-state index contributed by atoms with van der Waals surface area (Å²) < 4.78 is 5.21. The SMILES string of the molecule is CCC1(CNc2ncnc(Cl)c2OC)CCC1. The van der Waals surface area contributed by atoms with Crippen LogP contribution in [0.25, 0.3) is 0 Å². The molecule has 2 rings (SSSR count). The molecule has 0 bridgehead atoms. The van der Waals surface area contributed by atoms with Crippen molar-refractivity contribution < 1.29 is 4.74 Å². The Bertz CT molecular complexity index is 388. The highest BCUT2D eigenvalue weighted by Gasteiger charge is 2.35. The van der Waals surface area contributed by atoms with Crippen LogP contribution in [0.15, 0.2) is 6.33 Å². The molecule has 0 saturated heterocycles. The van der Waals surface area contributed by atoms with Crippen molar-refractivity contribution in [1.29, 1.82) is 0 Å². The van der Waals surface area contributed by atoms with E-state index in [2.05, 4.69) is 22.2 Å². The van der Waals surface area contributed by atoms with Crippen molar-refractivity contribution in [3.63, 3.8) is 0 Å². The Morgan fingerprint density at radius 2 is 2.24 bits per heavy atom. The van der Waals surface area contributed by atoms with Gasteiger partial charge in [0.15, 0.2) is 16.7 Å². The molecule has 0 atom stereocenters. The van der Waals surface area contributed by atoms with Crippen LogP contribution in [0.4, 0.5) is 5.82 Å². The third-order valence-electron chi connectivity index (χ3n) is 3.76. The molecule has 1 N–H and O–H groups in total. The van der Waals surface area contributed by atoms with Crippen LogP contribution in [0.3, 0.4) is 0 Å². The molecule has 94 valence electrons. The summed E-state index contributed by atoms with van der Waals surface area (Å²) in [5.41, 5.74) is 0.433. The van der Waals surface area contributed by atoms with Crippen molar-refractivity contribution >= 4 is 17.4 Å². The van der Waals surface area contributed by atoms with Crippen molar-refractivity contribution in [2.75, 3.05) is 19.0 Å². The Balaban J connectivity index is 2.06. The van der Waals surface area contributed by atoms with E-state index in [1.54, 1.807) is 7.11 Å². The number of hydrogen-bond acceptors (Lipinski definition) is 4. The van der Waals surface area contributed by atoms with Gasteiger partial charge in [-0.25, -0.2) is 9.97 Å². The molecule has 1 aliphatic carbocycles. The molecule has 0 aromatic carbocycles. The maximum absolute atomic E-state index is 5.95. The Morgan fingerprint density at radius 3 is 2.76 bits per heavy atom. The molecule has 1 fully saturated rings. The molecule has 0 amide bonds.